The van der Waals surface area contributed by atoms with E-state index in [1.807, 2.05) is 0 Å². The van der Waals surface area contributed by atoms with Crippen LogP contribution in [0.25, 0.3) is 0 Å². The molecule has 0 nitrogen and oxygen atoms in total. The summed E-state index contributed by atoms with van der Waals surface area (Å²) in [6, 6.07) is 0. The van der Waals surface area contributed by atoms with Gasteiger partial charge in [-0.1, -0.05) is 40.0 Å². The van der Waals surface area contributed by atoms with Crippen LogP contribution in [0.3, 0.4) is 0 Å². The summed E-state index contributed by atoms with van der Waals surface area (Å²) in [6.07, 6.45) is 12.0. The Hall–Kier alpha value is 0. The van der Waals surface area contributed by atoms with Gasteiger partial charge in [0.2, 0.25) is 0 Å². The molecule has 0 aromatic rings. The Bertz CT molecular complexity index is 192. The van der Waals surface area contributed by atoms with Crippen molar-refractivity contribution < 1.29 is 0 Å². The normalized spacial score (nSPS) is 35.8. The van der Waals surface area contributed by atoms with E-state index in [1.54, 1.807) is 0 Å². The van der Waals surface area contributed by atoms with Gasteiger partial charge in [-0.2, -0.15) is 0 Å². The Morgan fingerprint density at radius 3 is 2.07 bits per heavy atom. The van der Waals surface area contributed by atoms with Crippen LogP contribution in [0.2, 0.25) is 0 Å². The molecule has 0 heteroatoms. The third-order valence-corrected chi connectivity index (χ3v) is 5.21. The SMILES string of the molecule is C[C@@H]1CCCCC12CCC(C)(C)CC2. The molecule has 0 saturated heterocycles. The fourth-order valence-electron chi connectivity index (χ4n) is 3.65. The van der Waals surface area contributed by atoms with Gasteiger partial charge < -0.3 is 0 Å². The van der Waals surface area contributed by atoms with Crippen LogP contribution >= 0.6 is 0 Å². The molecule has 1 spiro atoms. The third kappa shape index (κ3) is 1.85. The molecule has 0 N–H and O–H groups in total. The second-order valence-corrected chi connectivity index (χ2v) is 6.67. The van der Waals surface area contributed by atoms with E-state index in [9.17, 15) is 0 Å². The molecule has 0 unspecified atom stereocenters. The summed E-state index contributed by atoms with van der Waals surface area (Å²) in [6.45, 7) is 7.41. The summed E-state index contributed by atoms with van der Waals surface area (Å²) in [5, 5.41) is 0. The van der Waals surface area contributed by atoms with Crippen LogP contribution in [0, 0.1) is 16.7 Å². The van der Waals surface area contributed by atoms with Gasteiger partial charge in [-0.15, -0.1) is 0 Å². The molecule has 0 aromatic carbocycles. The van der Waals surface area contributed by atoms with Crippen molar-refractivity contribution in [2.45, 2.75) is 72.1 Å². The van der Waals surface area contributed by atoms with E-state index in [4.69, 9.17) is 0 Å². The van der Waals surface area contributed by atoms with E-state index in [1.165, 1.54) is 51.4 Å². The van der Waals surface area contributed by atoms with Crippen molar-refractivity contribution in [2.75, 3.05) is 0 Å². The first-order valence-corrected chi connectivity index (χ1v) is 6.54. The monoisotopic (exact) mass is 194 g/mol. The maximum absolute atomic E-state index is 2.51. The molecule has 14 heavy (non-hydrogen) atoms. The number of rotatable bonds is 0. The highest BCUT2D eigenvalue weighted by atomic mass is 14.5. The van der Waals surface area contributed by atoms with Crippen molar-refractivity contribution in [2.24, 2.45) is 16.7 Å². The first-order valence-electron chi connectivity index (χ1n) is 6.54. The van der Waals surface area contributed by atoms with Gasteiger partial charge in [0.05, 0.1) is 0 Å². The lowest BCUT2D eigenvalue weighted by molar-refractivity contribution is 0.0176. The predicted octanol–water partition coefficient (Wildman–Crippen LogP) is 4.78. The van der Waals surface area contributed by atoms with Crippen LogP contribution in [0.1, 0.15) is 72.1 Å². The van der Waals surface area contributed by atoms with Crippen molar-refractivity contribution in [3.63, 3.8) is 0 Å². The zero-order valence-electron chi connectivity index (χ0n) is 10.2. The second kappa shape index (κ2) is 3.54. The highest BCUT2D eigenvalue weighted by Crippen LogP contribution is 2.54. The molecular formula is C14H26. The van der Waals surface area contributed by atoms with Crippen LogP contribution in [0.4, 0.5) is 0 Å². The average molecular weight is 194 g/mol. The Morgan fingerprint density at radius 2 is 1.50 bits per heavy atom. The number of hydrogen-bond acceptors (Lipinski definition) is 0. The van der Waals surface area contributed by atoms with Gasteiger partial charge in [0, 0.05) is 0 Å². The lowest BCUT2D eigenvalue weighted by atomic mass is 9.56. The Labute approximate surface area is 89.5 Å². The molecule has 0 bridgehead atoms. The topological polar surface area (TPSA) is 0 Å². The molecule has 2 saturated carbocycles. The summed E-state index contributed by atoms with van der Waals surface area (Å²) < 4.78 is 0. The van der Waals surface area contributed by atoms with Crippen LogP contribution in [0.15, 0.2) is 0 Å². The Kier molecular flexibility index (Phi) is 2.66. The molecular weight excluding hydrogens is 168 g/mol. The maximum Gasteiger partial charge on any atom is -0.0271 e. The van der Waals surface area contributed by atoms with E-state index in [2.05, 4.69) is 20.8 Å². The standard InChI is InChI=1S/C14H26/c1-12-6-4-5-7-14(12)10-8-13(2,3)9-11-14/h12H,4-11H2,1-3H3/t12-/m1/s1. The minimum atomic E-state index is 0.641. The van der Waals surface area contributed by atoms with Crippen LogP contribution in [-0.4, -0.2) is 0 Å². The summed E-state index contributed by atoms with van der Waals surface area (Å²) >= 11 is 0. The van der Waals surface area contributed by atoms with Gasteiger partial charge >= 0.3 is 0 Å². The molecule has 1 atom stereocenters. The van der Waals surface area contributed by atoms with Crippen LogP contribution in [-0.2, 0) is 0 Å². The molecule has 2 fully saturated rings. The fraction of sp³-hybridized carbons (Fsp3) is 1.00. The summed E-state index contributed by atoms with van der Waals surface area (Å²) in [7, 11) is 0. The Balaban J connectivity index is 2.03. The van der Waals surface area contributed by atoms with Crippen LogP contribution in [0.5, 0.6) is 0 Å². The summed E-state index contributed by atoms with van der Waals surface area (Å²) in [5.74, 6) is 1.01. The van der Waals surface area contributed by atoms with Crippen molar-refractivity contribution in [3.8, 4) is 0 Å². The third-order valence-electron chi connectivity index (χ3n) is 5.21. The molecule has 0 aromatic heterocycles. The van der Waals surface area contributed by atoms with Gasteiger partial charge in [-0.3, -0.25) is 0 Å². The van der Waals surface area contributed by atoms with Gasteiger partial charge in [-0.05, 0) is 48.9 Å². The molecule has 0 radical (unpaired) electrons. The van der Waals surface area contributed by atoms with Crippen molar-refractivity contribution >= 4 is 0 Å². The molecule has 0 heterocycles. The quantitative estimate of drug-likeness (QED) is 0.520. The highest BCUT2D eigenvalue weighted by molar-refractivity contribution is 4.93. The summed E-state index contributed by atoms with van der Waals surface area (Å²) in [4.78, 5) is 0. The first kappa shape index (κ1) is 10.5. The predicted molar refractivity (Wildman–Crippen MR) is 62.3 cm³/mol. The van der Waals surface area contributed by atoms with Crippen molar-refractivity contribution in [1.82, 2.24) is 0 Å². The van der Waals surface area contributed by atoms with Gasteiger partial charge in [0.25, 0.3) is 0 Å². The van der Waals surface area contributed by atoms with Gasteiger partial charge in [0.15, 0.2) is 0 Å². The van der Waals surface area contributed by atoms with Crippen LogP contribution < -0.4 is 0 Å². The minimum absolute atomic E-state index is 0.641. The minimum Gasteiger partial charge on any atom is -0.0620 e. The smallest absolute Gasteiger partial charge is 0.0271 e. The average Bonchev–Trinajstić information content (AvgIpc) is 2.15. The van der Waals surface area contributed by atoms with Crippen molar-refractivity contribution in [3.05, 3.63) is 0 Å². The lowest BCUT2D eigenvalue weighted by Crippen LogP contribution is -2.38. The van der Waals surface area contributed by atoms with Gasteiger partial charge in [-0.25, -0.2) is 0 Å². The zero-order valence-corrected chi connectivity index (χ0v) is 10.2. The van der Waals surface area contributed by atoms with Gasteiger partial charge in [0.1, 0.15) is 0 Å². The molecule has 0 aliphatic heterocycles. The summed E-state index contributed by atoms with van der Waals surface area (Å²) in [5.41, 5.74) is 1.41. The van der Waals surface area contributed by atoms with E-state index in [-0.39, 0.29) is 0 Å². The largest absolute Gasteiger partial charge is 0.0620 e. The maximum atomic E-state index is 2.51. The zero-order chi connectivity index (χ0) is 10.2. The van der Waals surface area contributed by atoms with E-state index >= 15 is 0 Å². The highest BCUT2D eigenvalue weighted by Gasteiger charge is 2.42. The van der Waals surface area contributed by atoms with E-state index < -0.39 is 0 Å². The van der Waals surface area contributed by atoms with E-state index in [0.29, 0.717) is 5.41 Å². The Morgan fingerprint density at radius 1 is 0.857 bits per heavy atom. The molecule has 2 aliphatic carbocycles. The molecule has 2 rings (SSSR count). The van der Waals surface area contributed by atoms with E-state index in [0.717, 1.165) is 11.3 Å². The lowest BCUT2D eigenvalue weighted by Gasteiger charge is -2.49. The number of hydrogen-bond donors (Lipinski definition) is 0. The molecule has 2 aliphatic rings. The van der Waals surface area contributed by atoms with Crippen molar-refractivity contribution in [1.29, 1.82) is 0 Å². The second-order valence-electron chi connectivity index (χ2n) is 6.67. The molecule has 0 amide bonds. The fourth-order valence-corrected chi connectivity index (χ4v) is 3.65. The molecule has 82 valence electrons. The first-order chi connectivity index (χ1) is 6.54.